The van der Waals surface area contributed by atoms with Crippen LogP contribution in [0, 0.1) is 0 Å². The molecule has 0 atom stereocenters. The van der Waals surface area contributed by atoms with E-state index in [9.17, 15) is 9.59 Å². The van der Waals surface area contributed by atoms with Gasteiger partial charge in [0.1, 0.15) is 17.2 Å². The fourth-order valence-corrected chi connectivity index (χ4v) is 2.94. The quantitative estimate of drug-likeness (QED) is 0.513. The lowest BCUT2D eigenvalue weighted by Gasteiger charge is -2.11. The minimum Gasteiger partial charge on any atom is -0.457 e. The Hall–Kier alpha value is -3.58. The van der Waals surface area contributed by atoms with Crippen LogP contribution in [-0.4, -0.2) is 24.0 Å². The summed E-state index contributed by atoms with van der Waals surface area (Å²) in [4.78, 5) is 27.9. The second-order valence-electron chi connectivity index (χ2n) is 6.32. The molecule has 2 aromatic carbocycles. The highest BCUT2D eigenvalue weighted by Gasteiger charge is 2.08. The molecule has 0 spiro atoms. The lowest BCUT2D eigenvalue weighted by molar-refractivity contribution is 0.0958. The first-order valence-electron chi connectivity index (χ1n) is 9.31. The Morgan fingerprint density at radius 3 is 2.37 bits per heavy atom. The van der Waals surface area contributed by atoms with Crippen molar-refractivity contribution < 1.29 is 14.3 Å². The van der Waals surface area contributed by atoms with E-state index in [1.54, 1.807) is 48.5 Å². The monoisotopic (exact) mass is 424 g/mol. The van der Waals surface area contributed by atoms with E-state index in [0.29, 0.717) is 27.9 Å². The summed E-state index contributed by atoms with van der Waals surface area (Å²) in [5.41, 5.74) is 2.49. The number of benzene rings is 2. The molecule has 7 nitrogen and oxygen atoms in total. The SMILES string of the molecule is CCc1cc(NC(=O)Nc2ccc(Oc3ccnc(C(=O)NC)c3)cc2)ccc1Cl. The summed E-state index contributed by atoms with van der Waals surface area (Å²) >= 11 is 6.10. The molecule has 154 valence electrons. The third-order valence-corrected chi connectivity index (χ3v) is 4.59. The van der Waals surface area contributed by atoms with E-state index in [1.807, 2.05) is 13.0 Å². The third kappa shape index (κ3) is 5.48. The number of carbonyl (C=O) groups excluding carboxylic acids is 2. The van der Waals surface area contributed by atoms with Crippen LogP contribution in [0.2, 0.25) is 5.02 Å². The molecule has 0 unspecified atom stereocenters. The Morgan fingerprint density at radius 2 is 1.67 bits per heavy atom. The van der Waals surface area contributed by atoms with Crippen LogP contribution in [0.1, 0.15) is 23.0 Å². The standard InChI is InChI=1S/C22H21ClN4O3/c1-3-14-12-16(6-9-19(14)23)27-22(29)26-15-4-7-17(8-5-15)30-18-10-11-25-20(13-18)21(28)24-2/h4-13H,3H2,1-2H3,(H,24,28)(H2,26,27,29). The van der Waals surface area contributed by atoms with Crippen molar-refractivity contribution in [3.05, 3.63) is 77.1 Å². The highest BCUT2D eigenvalue weighted by molar-refractivity contribution is 6.31. The Balaban J connectivity index is 1.60. The molecule has 0 saturated carbocycles. The van der Waals surface area contributed by atoms with Crippen LogP contribution >= 0.6 is 11.6 Å². The summed E-state index contributed by atoms with van der Waals surface area (Å²) in [6.45, 7) is 2.00. The van der Waals surface area contributed by atoms with Crippen molar-refractivity contribution in [3.63, 3.8) is 0 Å². The van der Waals surface area contributed by atoms with Gasteiger partial charge in [0.25, 0.3) is 5.91 Å². The van der Waals surface area contributed by atoms with Crippen LogP contribution in [0.3, 0.4) is 0 Å². The number of anilines is 2. The number of urea groups is 1. The van der Waals surface area contributed by atoms with Crippen molar-refractivity contribution in [2.45, 2.75) is 13.3 Å². The lowest BCUT2D eigenvalue weighted by Crippen LogP contribution is -2.19. The van der Waals surface area contributed by atoms with Crippen molar-refractivity contribution in [1.82, 2.24) is 10.3 Å². The van der Waals surface area contributed by atoms with Gasteiger partial charge < -0.3 is 20.7 Å². The molecule has 0 radical (unpaired) electrons. The second kappa shape index (κ2) is 9.76. The summed E-state index contributed by atoms with van der Waals surface area (Å²) in [6, 6.07) is 15.1. The Bertz CT molecular complexity index is 1050. The summed E-state index contributed by atoms with van der Waals surface area (Å²) < 4.78 is 5.75. The number of amides is 3. The van der Waals surface area contributed by atoms with Gasteiger partial charge >= 0.3 is 6.03 Å². The molecule has 0 fully saturated rings. The fourth-order valence-electron chi connectivity index (χ4n) is 2.69. The zero-order chi connectivity index (χ0) is 21.5. The van der Waals surface area contributed by atoms with Gasteiger partial charge in [-0.3, -0.25) is 9.78 Å². The molecule has 0 saturated heterocycles. The Kier molecular flexibility index (Phi) is 6.87. The van der Waals surface area contributed by atoms with Gasteiger partial charge in [0.05, 0.1) is 0 Å². The van der Waals surface area contributed by atoms with Crippen LogP contribution in [0.25, 0.3) is 0 Å². The van der Waals surface area contributed by atoms with E-state index in [0.717, 1.165) is 12.0 Å². The van der Waals surface area contributed by atoms with Gasteiger partial charge in [-0.05, 0) is 60.5 Å². The summed E-state index contributed by atoms with van der Waals surface area (Å²) in [5, 5.41) is 8.74. The first kappa shape index (κ1) is 21.1. The molecular formula is C22H21ClN4O3. The number of halogens is 1. The van der Waals surface area contributed by atoms with Gasteiger partial charge in [-0.1, -0.05) is 18.5 Å². The molecule has 0 bridgehead atoms. The number of carbonyl (C=O) groups is 2. The zero-order valence-electron chi connectivity index (χ0n) is 16.5. The van der Waals surface area contributed by atoms with Crippen LogP contribution in [0.15, 0.2) is 60.8 Å². The maximum Gasteiger partial charge on any atom is 0.323 e. The number of hydrogen-bond donors (Lipinski definition) is 3. The molecule has 1 aromatic heterocycles. The van der Waals surface area contributed by atoms with Crippen molar-refractivity contribution in [2.24, 2.45) is 0 Å². The summed E-state index contributed by atoms with van der Waals surface area (Å²) in [5.74, 6) is 0.745. The maximum absolute atomic E-state index is 12.2. The summed E-state index contributed by atoms with van der Waals surface area (Å²) in [7, 11) is 1.54. The molecule has 8 heteroatoms. The van der Waals surface area contributed by atoms with Gasteiger partial charge in [-0.15, -0.1) is 0 Å². The number of aromatic nitrogens is 1. The van der Waals surface area contributed by atoms with E-state index in [-0.39, 0.29) is 17.6 Å². The molecule has 3 rings (SSSR count). The molecule has 30 heavy (non-hydrogen) atoms. The molecular weight excluding hydrogens is 404 g/mol. The smallest absolute Gasteiger partial charge is 0.323 e. The van der Waals surface area contributed by atoms with Crippen LogP contribution < -0.4 is 20.7 Å². The minimum atomic E-state index is -0.364. The normalized spacial score (nSPS) is 10.2. The van der Waals surface area contributed by atoms with Crippen LogP contribution in [-0.2, 0) is 6.42 Å². The van der Waals surface area contributed by atoms with Crippen molar-refractivity contribution in [3.8, 4) is 11.5 Å². The highest BCUT2D eigenvalue weighted by Crippen LogP contribution is 2.24. The molecule has 1 heterocycles. The first-order chi connectivity index (χ1) is 14.5. The average Bonchev–Trinajstić information content (AvgIpc) is 2.76. The number of rotatable bonds is 6. The van der Waals surface area contributed by atoms with Crippen molar-refractivity contribution in [2.75, 3.05) is 17.7 Å². The van der Waals surface area contributed by atoms with Crippen molar-refractivity contribution in [1.29, 1.82) is 0 Å². The molecule has 3 N–H and O–H groups in total. The lowest BCUT2D eigenvalue weighted by atomic mass is 10.1. The number of nitrogens with zero attached hydrogens (tertiary/aromatic N) is 1. The largest absolute Gasteiger partial charge is 0.457 e. The topological polar surface area (TPSA) is 92.3 Å². The number of ether oxygens (including phenoxy) is 1. The first-order valence-corrected chi connectivity index (χ1v) is 9.68. The van der Waals surface area contributed by atoms with Gasteiger partial charge in [0, 0.05) is 35.7 Å². The van der Waals surface area contributed by atoms with E-state index in [1.165, 1.54) is 13.2 Å². The van der Waals surface area contributed by atoms with Crippen LogP contribution in [0.4, 0.5) is 16.2 Å². The van der Waals surface area contributed by atoms with Crippen molar-refractivity contribution >= 4 is 34.9 Å². The van der Waals surface area contributed by atoms with Gasteiger partial charge in [-0.2, -0.15) is 0 Å². The van der Waals surface area contributed by atoms with Gasteiger partial charge in [0.2, 0.25) is 0 Å². The fraction of sp³-hybridized carbons (Fsp3) is 0.136. The second-order valence-corrected chi connectivity index (χ2v) is 6.73. The molecule has 0 aliphatic heterocycles. The number of nitrogens with one attached hydrogen (secondary N) is 3. The van der Waals surface area contributed by atoms with E-state index >= 15 is 0 Å². The predicted octanol–water partition coefficient (Wildman–Crippen LogP) is 5.09. The van der Waals surface area contributed by atoms with Crippen LogP contribution in [0.5, 0.6) is 11.5 Å². The van der Waals surface area contributed by atoms with E-state index < -0.39 is 0 Å². The van der Waals surface area contributed by atoms with E-state index in [2.05, 4.69) is 20.9 Å². The zero-order valence-corrected chi connectivity index (χ0v) is 17.3. The number of hydrogen-bond acceptors (Lipinski definition) is 4. The van der Waals surface area contributed by atoms with E-state index in [4.69, 9.17) is 16.3 Å². The summed E-state index contributed by atoms with van der Waals surface area (Å²) in [6.07, 6.45) is 2.28. The van der Waals surface area contributed by atoms with Gasteiger partial charge in [-0.25, -0.2) is 4.79 Å². The number of aryl methyl sites for hydroxylation is 1. The molecule has 3 amide bonds. The molecule has 0 aliphatic rings. The molecule has 0 aliphatic carbocycles. The predicted molar refractivity (Wildman–Crippen MR) is 118 cm³/mol. The Labute approximate surface area is 179 Å². The number of pyridine rings is 1. The highest BCUT2D eigenvalue weighted by atomic mass is 35.5. The maximum atomic E-state index is 12.2. The molecule has 3 aromatic rings. The minimum absolute atomic E-state index is 0.262. The average molecular weight is 425 g/mol. The van der Waals surface area contributed by atoms with Gasteiger partial charge in [0.15, 0.2) is 0 Å². The third-order valence-electron chi connectivity index (χ3n) is 4.22. The Morgan fingerprint density at radius 1 is 0.967 bits per heavy atom.